The lowest BCUT2D eigenvalue weighted by Gasteiger charge is -2.34. The van der Waals surface area contributed by atoms with Crippen molar-refractivity contribution < 1.29 is 4.79 Å². The summed E-state index contributed by atoms with van der Waals surface area (Å²) in [5, 5.41) is 2.93. The van der Waals surface area contributed by atoms with Crippen LogP contribution in [0.25, 0.3) is 0 Å². The van der Waals surface area contributed by atoms with Crippen LogP contribution in [0.5, 0.6) is 0 Å². The molecule has 6 heteroatoms. The third kappa shape index (κ3) is 4.50. The van der Waals surface area contributed by atoms with Gasteiger partial charge in [0.15, 0.2) is 0 Å². The van der Waals surface area contributed by atoms with Crippen LogP contribution < -0.4 is 5.32 Å². The lowest BCUT2D eigenvalue weighted by atomic mass is 10.3. The molecule has 3 rings (SSSR count). The number of nitrogens with one attached hydrogen (secondary N) is 1. The van der Waals surface area contributed by atoms with Crippen molar-refractivity contribution in [1.29, 1.82) is 0 Å². The molecule has 0 bridgehead atoms. The van der Waals surface area contributed by atoms with E-state index < -0.39 is 0 Å². The van der Waals surface area contributed by atoms with Gasteiger partial charge < -0.3 is 10.2 Å². The van der Waals surface area contributed by atoms with Crippen LogP contribution in [0, 0.1) is 0 Å². The molecule has 1 N–H and O–H groups in total. The second-order valence-corrected chi connectivity index (χ2v) is 5.56. The second kappa shape index (κ2) is 7.69. The fraction of sp³-hybridized carbons (Fsp3) is 0.353. The Hall–Kier alpha value is -2.47. The van der Waals surface area contributed by atoms with Crippen LogP contribution in [0.1, 0.15) is 11.4 Å². The first-order valence-corrected chi connectivity index (χ1v) is 7.86. The Balaban J connectivity index is 1.42. The third-order valence-electron chi connectivity index (χ3n) is 3.92. The Morgan fingerprint density at radius 3 is 2.22 bits per heavy atom. The second-order valence-electron chi connectivity index (χ2n) is 5.56. The highest BCUT2D eigenvalue weighted by Gasteiger charge is 2.21. The molecule has 0 aliphatic carbocycles. The molecule has 120 valence electrons. The minimum absolute atomic E-state index is 0.0202. The highest BCUT2D eigenvalue weighted by atomic mass is 16.2. The maximum absolute atomic E-state index is 12.2. The van der Waals surface area contributed by atoms with Gasteiger partial charge in [-0.2, -0.15) is 0 Å². The van der Waals surface area contributed by atoms with Crippen molar-refractivity contribution in [2.24, 2.45) is 0 Å². The number of piperazine rings is 1. The van der Waals surface area contributed by atoms with Gasteiger partial charge in [-0.25, -0.2) is 4.79 Å². The van der Waals surface area contributed by atoms with Gasteiger partial charge in [0.1, 0.15) is 0 Å². The topological polar surface area (TPSA) is 61.4 Å². The fourth-order valence-corrected chi connectivity index (χ4v) is 2.61. The summed E-state index contributed by atoms with van der Waals surface area (Å²) in [6.45, 7) is 4.51. The van der Waals surface area contributed by atoms with Crippen LogP contribution in [-0.2, 0) is 13.1 Å². The molecule has 0 atom stereocenters. The zero-order valence-corrected chi connectivity index (χ0v) is 13.1. The van der Waals surface area contributed by atoms with Crippen molar-refractivity contribution in [3.8, 4) is 0 Å². The first-order chi connectivity index (χ1) is 11.3. The van der Waals surface area contributed by atoms with Gasteiger partial charge in [0, 0.05) is 45.1 Å². The molecular formula is C17H21N5O. The van der Waals surface area contributed by atoms with E-state index in [9.17, 15) is 4.79 Å². The van der Waals surface area contributed by atoms with Crippen LogP contribution in [-0.4, -0.2) is 52.0 Å². The number of amides is 2. The van der Waals surface area contributed by atoms with Crippen molar-refractivity contribution in [2.75, 3.05) is 26.2 Å². The molecule has 0 unspecified atom stereocenters. The van der Waals surface area contributed by atoms with Gasteiger partial charge in [0.2, 0.25) is 0 Å². The minimum Gasteiger partial charge on any atom is -0.332 e. The molecule has 6 nitrogen and oxygen atoms in total. The van der Waals surface area contributed by atoms with Crippen LogP contribution in [0.3, 0.4) is 0 Å². The lowest BCUT2D eigenvalue weighted by molar-refractivity contribution is 0.134. The molecule has 0 aromatic carbocycles. The molecular weight excluding hydrogens is 290 g/mol. The van der Waals surface area contributed by atoms with Gasteiger partial charge in [-0.15, -0.1) is 0 Å². The predicted octanol–water partition coefficient (Wildman–Crippen LogP) is 1.50. The summed E-state index contributed by atoms with van der Waals surface area (Å²) < 4.78 is 0. The zero-order chi connectivity index (χ0) is 15.9. The zero-order valence-electron chi connectivity index (χ0n) is 13.1. The number of nitrogens with zero attached hydrogens (tertiary/aromatic N) is 4. The van der Waals surface area contributed by atoms with E-state index in [0.717, 1.165) is 44.1 Å². The average Bonchev–Trinajstić information content (AvgIpc) is 2.62. The Morgan fingerprint density at radius 1 is 0.957 bits per heavy atom. The molecule has 2 amide bonds. The number of urea groups is 1. The first kappa shape index (κ1) is 15.4. The monoisotopic (exact) mass is 311 g/mol. The molecule has 1 aliphatic heterocycles. The highest BCUT2D eigenvalue weighted by Crippen LogP contribution is 2.07. The fourth-order valence-electron chi connectivity index (χ4n) is 2.61. The number of pyridine rings is 2. The Morgan fingerprint density at radius 2 is 1.61 bits per heavy atom. The number of carbonyl (C=O) groups is 1. The van der Waals surface area contributed by atoms with Crippen molar-refractivity contribution in [1.82, 2.24) is 25.1 Å². The molecule has 0 saturated carbocycles. The molecule has 3 heterocycles. The molecule has 0 radical (unpaired) electrons. The van der Waals surface area contributed by atoms with E-state index >= 15 is 0 Å². The van der Waals surface area contributed by atoms with E-state index in [4.69, 9.17) is 0 Å². The number of hydrogen-bond donors (Lipinski definition) is 1. The maximum atomic E-state index is 12.2. The Kier molecular flexibility index (Phi) is 5.16. The van der Waals surface area contributed by atoms with E-state index in [0.29, 0.717) is 6.54 Å². The van der Waals surface area contributed by atoms with Gasteiger partial charge in [0.25, 0.3) is 0 Å². The standard InChI is InChI=1S/C17H21N5O/c23-17(20-13-15-5-1-3-7-18-15)22-11-9-21(10-12-22)14-16-6-2-4-8-19-16/h1-8H,9-14H2,(H,20,23). The van der Waals surface area contributed by atoms with Gasteiger partial charge in [-0.3, -0.25) is 14.9 Å². The summed E-state index contributed by atoms with van der Waals surface area (Å²) in [6, 6.07) is 11.6. The highest BCUT2D eigenvalue weighted by molar-refractivity contribution is 5.74. The quantitative estimate of drug-likeness (QED) is 0.929. The van der Waals surface area contributed by atoms with Crippen LogP contribution in [0.2, 0.25) is 0 Å². The normalized spacial score (nSPS) is 15.4. The van der Waals surface area contributed by atoms with Crippen LogP contribution in [0.15, 0.2) is 48.8 Å². The van der Waals surface area contributed by atoms with Gasteiger partial charge in [-0.1, -0.05) is 12.1 Å². The van der Waals surface area contributed by atoms with E-state index in [1.165, 1.54) is 0 Å². The molecule has 23 heavy (non-hydrogen) atoms. The molecule has 1 saturated heterocycles. The van der Waals surface area contributed by atoms with Crippen LogP contribution >= 0.6 is 0 Å². The smallest absolute Gasteiger partial charge is 0.317 e. The van der Waals surface area contributed by atoms with Crippen molar-refractivity contribution in [2.45, 2.75) is 13.1 Å². The van der Waals surface area contributed by atoms with Crippen molar-refractivity contribution >= 4 is 6.03 Å². The summed E-state index contributed by atoms with van der Waals surface area (Å²) in [5.74, 6) is 0. The van der Waals surface area contributed by atoms with Gasteiger partial charge in [0.05, 0.1) is 17.9 Å². The van der Waals surface area contributed by atoms with Gasteiger partial charge >= 0.3 is 6.03 Å². The number of aromatic nitrogens is 2. The van der Waals surface area contributed by atoms with Crippen molar-refractivity contribution in [3.05, 3.63) is 60.2 Å². The van der Waals surface area contributed by atoms with E-state index in [-0.39, 0.29) is 6.03 Å². The molecule has 1 aliphatic rings. The minimum atomic E-state index is -0.0202. The SMILES string of the molecule is O=C(NCc1ccccn1)N1CCN(Cc2ccccn2)CC1. The van der Waals surface area contributed by atoms with Gasteiger partial charge in [-0.05, 0) is 24.3 Å². The summed E-state index contributed by atoms with van der Waals surface area (Å²) in [6.07, 6.45) is 3.55. The summed E-state index contributed by atoms with van der Waals surface area (Å²) in [4.78, 5) is 24.9. The van der Waals surface area contributed by atoms with Crippen LogP contribution in [0.4, 0.5) is 4.79 Å². The van der Waals surface area contributed by atoms with E-state index in [1.54, 1.807) is 6.20 Å². The summed E-state index contributed by atoms with van der Waals surface area (Å²) in [7, 11) is 0. The molecule has 0 spiro atoms. The molecule has 1 fully saturated rings. The van der Waals surface area contributed by atoms with Crippen molar-refractivity contribution in [3.63, 3.8) is 0 Å². The molecule has 2 aromatic heterocycles. The van der Waals surface area contributed by atoms with E-state index in [1.807, 2.05) is 47.5 Å². The summed E-state index contributed by atoms with van der Waals surface area (Å²) in [5.41, 5.74) is 1.94. The number of carbonyl (C=O) groups excluding carboxylic acids is 1. The first-order valence-electron chi connectivity index (χ1n) is 7.86. The largest absolute Gasteiger partial charge is 0.332 e. The maximum Gasteiger partial charge on any atom is 0.317 e. The third-order valence-corrected chi connectivity index (χ3v) is 3.92. The number of rotatable bonds is 4. The average molecular weight is 311 g/mol. The summed E-state index contributed by atoms with van der Waals surface area (Å²) >= 11 is 0. The lowest BCUT2D eigenvalue weighted by Crippen LogP contribution is -2.51. The molecule has 2 aromatic rings. The Bertz CT molecular complexity index is 611. The predicted molar refractivity (Wildman–Crippen MR) is 87.6 cm³/mol. The number of hydrogen-bond acceptors (Lipinski definition) is 4. The Labute approximate surface area is 136 Å². The van der Waals surface area contributed by atoms with E-state index in [2.05, 4.69) is 20.2 Å².